The van der Waals surface area contributed by atoms with Gasteiger partial charge in [-0.05, 0) is 48.9 Å². The maximum atomic E-state index is 15.2. The fourth-order valence-corrected chi connectivity index (χ4v) is 5.14. The highest BCUT2D eigenvalue weighted by Crippen LogP contribution is 2.38. The largest absolute Gasteiger partial charge is 0.495 e. The molecule has 0 fully saturated rings. The molecule has 0 aliphatic rings. The normalized spacial score (nSPS) is 11.9. The zero-order chi connectivity index (χ0) is 31.5. The van der Waals surface area contributed by atoms with Crippen LogP contribution in [0.4, 0.5) is 4.39 Å². The van der Waals surface area contributed by atoms with Gasteiger partial charge in [0.15, 0.2) is 17.4 Å². The molecule has 3 aromatic carbocycles. The maximum absolute atomic E-state index is 15.2. The van der Waals surface area contributed by atoms with Crippen molar-refractivity contribution >= 4 is 29.1 Å². The minimum atomic E-state index is -0.730. The number of quaternary nitrogens is 1. The number of aryl methyl sites for hydroxylation is 1. The molecule has 0 aliphatic heterocycles. The molecular formula is C33H38Cl2FN4O3+. The number of carbonyl (C=O) groups is 1. The lowest BCUT2D eigenvalue weighted by Gasteiger charge is -2.28. The lowest BCUT2D eigenvalue weighted by Crippen LogP contribution is -2.41. The second-order valence-electron chi connectivity index (χ2n) is 12.0. The van der Waals surface area contributed by atoms with E-state index < -0.39 is 17.1 Å². The van der Waals surface area contributed by atoms with Gasteiger partial charge in [-0.25, -0.2) is 9.37 Å². The first-order valence-corrected chi connectivity index (χ1v) is 14.7. The SMILES string of the molecule is COc1cc(C(C)(C)c2cnc(COc3c(F)cc(C(=O)NCC[N+](C)(C)C)cc3Cl)n2-c2ccc(C)cc2)ccc1Cl. The summed E-state index contributed by atoms with van der Waals surface area (Å²) in [5.74, 6) is -0.155. The van der Waals surface area contributed by atoms with Crippen LogP contribution in [0.1, 0.15) is 46.9 Å². The Balaban J connectivity index is 1.65. The number of amides is 1. The molecule has 1 heterocycles. The molecule has 7 nitrogen and oxygen atoms in total. The minimum absolute atomic E-state index is 0.000919. The number of likely N-dealkylation sites (N-methyl/N-ethyl adjacent to an activating group) is 1. The summed E-state index contributed by atoms with van der Waals surface area (Å²) in [5, 5.41) is 3.33. The van der Waals surface area contributed by atoms with Crippen molar-refractivity contribution in [2.24, 2.45) is 0 Å². The number of hydrogen-bond acceptors (Lipinski definition) is 4. The molecule has 0 atom stereocenters. The average molecular weight is 629 g/mol. The molecule has 4 aromatic rings. The van der Waals surface area contributed by atoms with Crippen molar-refractivity contribution in [3.8, 4) is 17.2 Å². The van der Waals surface area contributed by atoms with Crippen LogP contribution in [0.5, 0.6) is 11.5 Å². The lowest BCUT2D eigenvalue weighted by molar-refractivity contribution is -0.869. The number of methoxy groups -OCH3 is 1. The van der Waals surface area contributed by atoms with Gasteiger partial charge in [0.25, 0.3) is 5.91 Å². The van der Waals surface area contributed by atoms with E-state index in [-0.39, 0.29) is 22.9 Å². The summed E-state index contributed by atoms with van der Waals surface area (Å²) in [5.41, 5.74) is 3.43. The van der Waals surface area contributed by atoms with E-state index in [1.165, 1.54) is 6.07 Å². The van der Waals surface area contributed by atoms with Crippen molar-refractivity contribution in [3.63, 3.8) is 0 Å². The van der Waals surface area contributed by atoms with E-state index in [2.05, 4.69) is 19.2 Å². The second kappa shape index (κ2) is 13.0. The van der Waals surface area contributed by atoms with Gasteiger partial charge < -0.3 is 19.3 Å². The highest BCUT2D eigenvalue weighted by atomic mass is 35.5. The number of hydrogen-bond donors (Lipinski definition) is 1. The van der Waals surface area contributed by atoms with Crippen LogP contribution >= 0.6 is 23.2 Å². The van der Waals surface area contributed by atoms with Gasteiger partial charge in [0.05, 0.1) is 57.1 Å². The zero-order valence-electron chi connectivity index (χ0n) is 25.6. The third kappa shape index (κ3) is 7.50. The van der Waals surface area contributed by atoms with Gasteiger partial charge in [0, 0.05) is 22.9 Å². The Morgan fingerprint density at radius 1 is 1.05 bits per heavy atom. The zero-order valence-corrected chi connectivity index (χ0v) is 27.1. The Morgan fingerprint density at radius 2 is 1.74 bits per heavy atom. The number of benzene rings is 3. The number of aromatic nitrogens is 2. The quantitative estimate of drug-likeness (QED) is 0.182. The standard InChI is InChI=1S/C33H37Cl2FN4O3/c1-21-8-11-24(12-9-21)39-29(33(2,3)23-10-13-25(34)28(18-23)42-7)19-38-30(39)20-43-31-26(35)16-22(17-27(31)36)32(41)37-14-15-40(4,5)6/h8-13,16-19H,14-15,20H2,1-7H3/p+1. The Bertz CT molecular complexity index is 1590. The number of imidazole rings is 1. The van der Waals surface area contributed by atoms with E-state index in [4.69, 9.17) is 37.7 Å². The van der Waals surface area contributed by atoms with Crippen LogP contribution in [0.3, 0.4) is 0 Å². The van der Waals surface area contributed by atoms with Gasteiger partial charge in [-0.1, -0.05) is 60.8 Å². The summed E-state index contributed by atoms with van der Waals surface area (Å²) in [4.78, 5) is 17.3. The van der Waals surface area contributed by atoms with Crippen LogP contribution < -0.4 is 14.8 Å². The van der Waals surface area contributed by atoms with Gasteiger partial charge in [-0.15, -0.1) is 0 Å². The van der Waals surface area contributed by atoms with Crippen LogP contribution in [0, 0.1) is 12.7 Å². The van der Waals surface area contributed by atoms with Crippen molar-refractivity contribution < 1.29 is 23.1 Å². The summed E-state index contributed by atoms with van der Waals surface area (Å²) < 4.78 is 29.3. The molecule has 0 radical (unpaired) electrons. The van der Waals surface area contributed by atoms with Crippen LogP contribution in [0.15, 0.2) is 60.8 Å². The van der Waals surface area contributed by atoms with Crippen LogP contribution in [0.25, 0.3) is 5.69 Å². The minimum Gasteiger partial charge on any atom is -0.495 e. The molecule has 0 saturated heterocycles. The van der Waals surface area contributed by atoms with Crippen molar-refractivity contribution in [1.29, 1.82) is 0 Å². The molecule has 0 aliphatic carbocycles. The third-order valence-corrected chi connectivity index (χ3v) is 7.91. The number of halogens is 3. The summed E-state index contributed by atoms with van der Waals surface area (Å²) in [6.07, 6.45) is 1.79. The lowest BCUT2D eigenvalue weighted by atomic mass is 9.81. The Labute approximate surface area is 262 Å². The molecule has 10 heteroatoms. The van der Waals surface area contributed by atoms with Gasteiger partial charge in [0.1, 0.15) is 12.4 Å². The topological polar surface area (TPSA) is 65.4 Å². The molecule has 0 unspecified atom stereocenters. The number of ether oxygens (including phenoxy) is 2. The van der Waals surface area contributed by atoms with E-state index in [1.807, 2.05) is 75.1 Å². The first-order chi connectivity index (χ1) is 20.2. The Morgan fingerprint density at radius 3 is 2.37 bits per heavy atom. The average Bonchev–Trinajstić information content (AvgIpc) is 3.37. The van der Waals surface area contributed by atoms with E-state index >= 15 is 4.39 Å². The summed E-state index contributed by atoms with van der Waals surface area (Å²) in [6.45, 7) is 7.29. The monoisotopic (exact) mass is 627 g/mol. The van der Waals surface area contributed by atoms with Crippen LogP contribution in [0.2, 0.25) is 10.0 Å². The van der Waals surface area contributed by atoms with Gasteiger partial charge in [-0.3, -0.25) is 9.36 Å². The van der Waals surface area contributed by atoms with Crippen LogP contribution in [-0.4, -0.2) is 61.3 Å². The molecule has 1 aromatic heterocycles. The number of rotatable bonds is 11. The van der Waals surface area contributed by atoms with E-state index in [9.17, 15) is 4.79 Å². The smallest absolute Gasteiger partial charge is 0.251 e. The molecule has 0 bridgehead atoms. The highest BCUT2D eigenvalue weighted by Gasteiger charge is 2.30. The fourth-order valence-electron chi connectivity index (χ4n) is 4.68. The Hall–Kier alpha value is -3.59. The first-order valence-electron chi connectivity index (χ1n) is 13.9. The van der Waals surface area contributed by atoms with Crippen molar-refractivity contribution in [1.82, 2.24) is 14.9 Å². The molecule has 0 spiro atoms. The van der Waals surface area contributed by atoms with Crippen molar-refractivity contribution in [2.45, 2.75) is 32.8 Å². The van der Waals surface area contributed by atoms with E-state index in [0.717, 1.165) is 35.1 Å². The molecule has 1 N–H and O–H groups in total. The van der Waals surface area contributed by atoms with Gasteiger partial charge in [0.2, 0.25) is 0 Å². The van der Waals surface area contributed by atoms with Gasteiger partial charge in [-0.2, -0.15) is 0 Å². The number of nitrogens with one attached hydrogen (secondary N) is 1. The predicted octanol–water partition coefficient (Wildman–Crippen LogP) is 6.98. The number of nitrogens with zero attached hydrogens (tertiary/aromatic N) is 3. The fraction of sp³-hybridized carbons (Fsp3) is 0.333. The third-order valence-electron chi connectivity index (χ3n) is 7.31. The molecule has 4 rings (SSSR count). The summed E-state index contributed by atoms with van der Waals surface area (Å²) in [6, 6.07) is 16.3. The van der Waals surface area contributed by atoms with E-state index in [0.29, 0.717) is 27.6 Å². The summed E-state index contributed by atoms with van der Waals surface area (Å²) >= 11 is 12.7. The molecule has 1 amide bonds. The van der Waals surface area contributed by atoms with Crippen molar-refractivity contribution in [3.05, 3.63) is 105 Å². The van der Waals surface area contributed by atoms with Crippen LogP contribution in [-0.2, 0) is 12.0 Å². The van der Waals surface area contributed by atoms with Crippen molar-refractivity contribution in [2.75, 3.05) is 41.3 Å². The molecule has 43 heavy (non-hydrogen) atoms. The first kappa shape index (κ1) is 32.3. The summed E-state index contributed by atoms with van der Waals surface area (Å²) in [7, 11) is 7.66. The predicted molar refractivity (Wildman–Crippen MR) is 169 cm³/mol. The van der Waals surface area contributed by atoms with E-state index in [1.54, 1.807) is 13.3 Å². The second-order valence-corrected chi connectivity index (χ2v) is 12.8. The number of carbonyl (C=O) groups excluding carboxylic acids is 1. The molecule has 228 valence electrons. The highest BCUT2D eigenvalue weighted by molar-refractivity contribution is 6.32. The maximum Gasteiger partial charge on any atom is 0.251 e. The molecular weight excluding hydrogens is 590 g/mol. The van der Waals surface area contributed by atoms with Gasteiger partial charge >= 0.3 is 0 Å². The molecule has 0 saturated carbocycles. The Kier molecular flexibility index (Phi) is 9.74.